The summed E-state index contributed by atoms with van der Waals surface area (Å²) in [7, 11) is 3.41. The van der Waals surface area contributed by atoms with Crippen LogP contribution < -0.4 is 21.7 Å². The minimum atomic E-state index is -0.653. The molecule has 0 radical (unpaired) electrons. The molecular formula is C25H30N4O4. The first-order valence-corrected chi connectivity index (χ1v) is 10.8. The number of methoxy groups -OCH3 is 1. The molecule has 1 aromatic heterocycles. The zero-order valence-electron chi connectivity index (χ0n) is 19.4. The number of ether oxygens (including phenoxy) is 1. The summed E-state index contributed by atoms with van der Waals surface area (Å²) in [6.45, 7) is 3.95. The van der Waals surface area contributed by atoms with Crippen LogP contribution in [0, 0.1) is 0 Å². The Labute approximate surface area is 192 Å². The van der Waals surface area contributed by atoms with Crippen LogP contribution in [0.1, 0.15) is 41.4 Å². The lowest BCUT2D eigenvalue weighted by Gasteiger charge is -2.25. The summed E-state index contributed by atoms with van der Waals surface area (Å²) in [5.41, 5.74) is 6.76. The number of nitrogens with two attached hydrogens (primary N) is 1. The van der Waals surface area contributed by atoms with Crippen molar-refractivity contribution in [2.24, 2.45) is 0 Å². The van der Waals surface area contributed by atoms with E-state index in [2.05, 4.69) is 0 Å². The summed E-state index contributed by atoms with van der Waals surface area (Å²) in [6.07, 6.45) is 0. The normalized spacial score (nSPS) is 12.0. The molecule has 33 heavy (non-hydrogen) atoms. The molecule has 3 rings (SSSR count). The van der Waals surface area contributed by atoms with E-state index in [4.69, 9.17) is 10.5 Å². The number of aromatic nitrogens is 2. The van der Waals surface area contributed by atoms with Gasteiger partial charge in [-0.25, -0.2) is 4.79 Å². The van der Waals surface area contributed by atoms with E-state index in [1.165, 1.54) is 4.57 Å². The maximum atomic E-state index is 13.2. The second-order valence-electron chi connectivity index (χ2n) is 7.95. The van der Waals surface area contributed by atoms with Crippen LogP contribution in [-0.4, -0.2) is 40.5 Å². The second-order valence-corrected chi connectivity index (χ2v) is 7.95. The highest BCUT2D eigenvalue weighted by molar-refractivity contribution is 6.01. The fourth-order valence-corrected chi connectivity index (χ4v) is 3.75. The van der Waals surface area contributed by atoms with E-state index in [1.54, 1.807) is 21.1 Å². The van der Waals surface area contributed by atoms with Gasteiger partial charge >= 0.3 is 5.69 Å². The van der Waals surface area contributed by atoms with Crippen LogP contribution in [0.25, 0.3) is 0 Å². The van der Waals surface area contributed by atoms with Crippen molar-refractivity contribution in [3.05, 3.63) is 92.1 Å². The van der Waals surface area contributed by atoms with Gasteiger partial charge in [-0.05, 0) is 44.2 Å². The van der Waals surface area contributed by atoms with Crippen molar-refractivity contribution in [2.45, 2.75) is 33.0 Å². The van der Waals surface area contributed by atoms with Gasteiger partial charge in [0.1, 0.15) is 17.1 Å². The second kappa shape index (κ2) is 10.3. The van der Waals surface area contributed by atoms with Crippen molar-refractivity contribution in [1.29, 1.82) is 0 Å². The summed E-state index contributed by atoms with van der Waals surface area (Å²) in [5.74, 6) is 0.219. The largest absolute Gasteiger partial charge is 0.497 e. The molecule has 0 aliphatic heterocycles. The van der Waals surface area contributed by atoms with Crippen LogP contribution in [0.4, 0.5) is 5.82 Å². The Morgan fingerprint density at radius 2 is 1.70 bits per heavy atom. The first kappa shape index (κ1) is 24.0. The predicted molar refractivity (Wildman–Crippen MR) is 129 cm³/mol. The van der Waals surface area contributed by atoms with Gasteiger partial charge < -0.3 is 10.5 Å². The lowest BCUT2D eigenvalue weighted by molar-refractivity contribution is 0.0922. The number of hydrogen-bond donors (Lipinski definition) is 1. The molecule has 0 spiro atoms. The number of nitrogens with zero attached hydrogens (tertiary/aromatic N) is 3. The molecular weight excluding hydrogens is 420 g/mol. The number of carbonyl (C=O) groups excluding carboxylic acids is 1. The minimum absolute atomic E-state index is 0.0279. The van der Waals surface area contributed by atoms with Crippen LogP contribution in [0.2, 0.25) is 0 Å². The van der Waals surface area contributed by atoms with Gasteiger partial charge in [-0.15, -0.1) is 0 Å². The van der Waals surface area contributed by atoms with Gasteiger partial charge in [-0.1, -0.05) is 42.5 Å². The smallest absolute Gasteiger partial charge is 0.332 e. The molecule has 0 aliphatic rings. The Balaban J connectivity index is 1.93. The summed E-state index contributed by atoms with van der Waals surface area (Å²) in [4.78, 5) is 41.0. The predicted octanol–water partition coefficient (Wildman–Crippen LogP) is 2.54. The molecule has 0 saturated heterocycles. The van der Waals surface area contributed by atoms with Crippen LogP contribution in [-0.2, 0) is 13.1 Å². The topological polar surface area (TPSA) is 99.6 Å². The highest BCUT2D eigenvalue weighted by atomic mass is 16.5. The average molecular weight is 451 g/mol. The van der Waals surface area contributed by atoms with E-state index in [0.717, 1.165) is 21.4 Å². The maximum absolute atomic E-state index is 13.2. The lowest BCUT2D eigenvalue weighted by Crippen LogP contribution is -2.45. The number of carbonyl (C=O) groups is 1. The molecule has 1 heterocycles. The maximum Gasteiger partial charge on any atom is 0.332 e. The zero-order valence-corrected chi connectivity index (χ0v) is 19.4. The number of Topliss-reactive ketones (excluding diaryl/α,β-unsaturated/α-hetero) is 1. The number of ketones is 1. The SMILES string of the molecule is CCn1c(=O)c(C(=O)CN(C)C(C)c2ccc(OC)cc2)c(N)n(Cc2ccccc2)c1=O. The number of likely N-dealkylation sites (N-methyl/N-ethyl adjacent to an activating group) is 1. The number of benzene rings is 2. The monoisotopic (exact) mass is 450 g/mol. The molecule has 0 bridgehead atoms. The third-order valence-corrected chi connectivity index (χ3v) is 5.90. The zero-order chi connectivity index (χ0) is 24.1. The van der Waals surface area contributed by atoms with Crippen molar-refractivity contribution >= 4 is 11.6 Å². The highest BCUT2D eigenvalue weighted by Gasteiger charge is 2.24. The number of nitrogen functional groups attached to an aromatic ring is 1. The van der Waals surface area contributed by atoms with Crippen molar-refractivity contribution in [2.75, 3.05) is 26.4 Å². The van der Waals surface area contributed by atoms with Crippen LogP contribution in [0.3, 0.4) is 0 Å². The molecule has 0 fully saturated rings. The fraction of sp³-hybridized carbons (Fsp3) is 0.320. The van der Waals surface area contributed by atoms with Gasteiger partial charge in [0.05, 0.1) is 20.2 Å². The molecule has 2 aromatic carbocycles. The molecule has 174 valence electrons. The first-order valence-electron chi connectivity index (χ1n) is 10.8. The fourth-order valence-electron chi connectivity index (χ4n) is 3.75. The summed E-state index contributed by atoms with van der Waals surface area (Å²) in [5, 5.41) is 0. The number of hydrogen-bond acceptors (Lipinski definition) is 6. The van der Waals surface area contributed by atoms with E-state index in [9.17, 15) is 14.4 Å². The Hall–Kier alpha value is -3.65. The molecule has 0 saturated carbocycles. The summed E-state index contributed by atoms with van der Waals surface area (Å²) >= 11 is 0. The van der Waals surface area contributed by atoms with Crippen molar-refractivity contribution in [1.82, 2.24) is 14.0 Å². The molecule has 1 atom stereocenters. The third-order valence-electron chi connectivity index (χ3n) is 5.90. The Kier molecular flexibility index (Phi) is 7.50. The van der Waals surface area contributed by atoms with E-state index in [0.29, 0.717) is 0 Å². The molecule has 0 amide bonds. The first-order chi connectivity index (χ1) is 15.8. The summed E-state index contributed by atoms with van der Waals surface area (Å²) in [6, 6.07) is 16.8. The van der Waals surface area contributed by atoms with Gasteiger partial charge in [0.2, 0.25) is 0 Å². The van der Waals surface area contributed by atoms with Gasteiger partial charge in [0.25, 0.3) is 5.56 Å². The molecule has 0 aliphatic carbocycles. The molecule has 2 N–H and O–H groups in total. The average Bonchev–Trinajstić information content (AvgIpc) is 2.82. The van der Waals surface area contributed by atoms with E-state index in [1.807, 2.05) is 66.4 Å². The van der Waals surface area contributed by atoms with E-state index < -0.39 is 17.0 Å². The lowest BCUT2D eigenvalue weighted by atomic mass is 10.1. The van der Waals surface area contributed by atoms with Crippen LogP contribution in [0.15, 0.2) is 64.2 Å². The standard InChI is InChI=1S/C25H30N4O4/c1-5-28-24(31)22(23(26)29(25(28)32)15-18-9-7-6-8-10-18)21(30)16-27(3)17(2)19-11-13-20(33-4)14-12-19/h6-14,17H,5,15-16,26H2,1-4H3. The third kappa shape index (κ3) is 5.06. The molecule has 1 unspecified atom stereocenters. The van der Waals surface area contributed by atoms with Crippen molar-refractivity contribution in [3.8, 4) is 5.75 Å². The highest BCUT2D eigenvalue weighted by Crippen LogP contribution is 2.22. The Morgan fingerprint density at radius 1 is 1.06 bits per heavy atom. The number of anilines is 1. The molecule has 3 aromatic rings. The Bertz CT molecular complexity index is 1230. The van der Waals surface area contributed by atoms with Gasteiger partial charge in [-0.2, -0.15) is 0 Å². The van der Waals surface area contributed by atoms with Crippen LogP contribution in [0.5, 0.6) is 5.75 Å². The molecule has 8 nitrogen and oxygen atoms in total. The van der Waals surface area contributed by atoms with Crippen molar-refractivity contribution in [3.63, 3.8) is 0 Å². The Morgan fingerprint density at radius 3 is 2.27 bits per heavy atom. The van der Waals surface area contributed by atoms with E-state index >= 15 is 0 Å². The van der Waals surface area contributed by atoms with E-state index in [-0.39, 0.29) is 37.1 Å². The quantitative estimate of drug-likeness (QED) is 0.503. The minimum Gasteiger partial charge on any atom is -0.497 e. The van der Waals surface area contributed by atoms with Gasteiger partial charge in [0.15, 0.2) is 5.78 Å². The van der Waals surface area contributed by atoms with Crippen LogP contribution >= 0.6 is 0 Å². The van der Waals surface area contributed by atoms with Gasteiger partial charge in [-0.3, -0.25) is 23.6 Å². The molecule has 8 heteroatoms. The van der Waals surface area contributed by atoms with Crippen molar-refractivity contribution < 1.29 is 9.53 Å². The van der Waals surface area contributed by atoms with Gasteiger partial charge in [0, 0.05) is 12.6 Å². The number of rotatable bonds is 9. The summed E-state index contributed by atoms with van der Waals surface area (Å²) < 4.78 is 7.54.